The van der Waals surface area contributed by atoms with Gasteiger partial charge in [0.1, 0.15) is 0 Å². The molecule has 1 heterocycles. The predicted octanol–water partition coefficient (Wildman–Crippen LogP) is 3.94. The van der Waals surface area contributed by atoms with E-state index in [9.17, 15) is 25.0 Å². The van der Waals surface area contributed by atoms with Crippen molar-refractivity contribution in [3.63, 3.8) is 0 Å². The lowest BCUT2D eigenvalue weighted by Crippen LogP contribution is -2.29. The lowest BCUT2D eigenvalue weighted by Gasteiger charge is -2.24. The summed E-state index contributed by atoms with van der Waals surface area (Å²) in [5.74, 6) is 0.835. The molecule has 2 aliphatic rings. The number of rotatable bonds is 5. The number of hydrogen-bond donors (Lipinski definition) is 0. The molecule has 0 N–H and O–H groups in total. The van der Waals surface area contributed by atoms with E-state index in [1.54, 1.807) is 4.90 Å². The van der Waals surface area contributed by atoms with Crippen molar-refractivity contribution in [2.75, 3.05) is 13.1 Å². The van der Waals surface area contributed by atoms with Crippen LogP contribution in [0.15, 0.2) is 18.2 Å². The highest BCUT2D eigenvalue weighted by atomic mass is 16.6. The second-order valence-corrected chi connectivity index (χ2v) is 7.40. The van der Waals surface area contributed by atoms with E-state index >= 15 is 0 Å². The molecule has 0 bridgehead atoms. The van der Waals surface area contributed by atoms with Gasteiger partial charge < -0.3 is 4.90 Å². The van der Waals surface area contributed by atoms with E-state index in [2.05, 4.69) is 0 Å². The number of nitrogens with zero attached hydrogens (tertiary/aromatic N) is 3. The monoisotopic (exact) mass is 361 g/mol. The van der Waals surface area contributed by atoms with Crippen molar-refractivity contribution in [2.45, 2.75) is 44.9 Å². The Morgan fingerprint density at radius 1 is 0.962 bits per heavy atom. The minimum atomic E-state index is -0.709. The van der Waals surface area contributed by atoms with Crippen molar-refractivity contribution in [2.24, 2.45) is 11.8 Å². The largest absolute Gasteiger partial charge is 0.338 e. The first-order valence-electron chi connectivity index (χ1n) is 9.17. The number of carbonyl (C=O) groups is 1. The Balaban J connectivity index is 1.69. The minimum absolute atomic E-state index is 0.0178. The molecule has 1 aromatic carbocycles. The Labute approximate surface area is 151 Å². The Hall–Kier alpha value is -2.51. The molecule has 1 aliphatic carbocycles. The van der Waals surface area contributed by atoms with Gasteiger partial charge in [0.05, 0.1) is 21.5 Å². The van der Waals surface area contributed by atoms with Crippen molar-refractivity contribution >= 4 is 17.3 Å². The quantitative estimate of drug-likeness (QED) is 0.583. The SMILES string of the molecule is O=C(c1cc([N+](=O)[O-])cc([N+](=O)[O-])c1)N1CC[C@@H](CC2CCCCC2)C1. The van der Waals surface area contributed by atoms with Crippen molar-refractivity contribution in [3.8, 4) is 0 Å². The van der Waals surface area contributed by atoms with Crippen LogP contribution in [-0.2, 0) is 0 Å². The van der Waals surface area contributed by atoms with Gasteiger partial charge in [-0.2, -0.15) is 0 Å². The van der Waals surface area contributed by atoms with Crippen LogP contribution in [0.5, 0.6) is 0 Å². The van der Waals surface area contributed by atoms with E-state index in [-0.39, 0.29) is 11.5 Å². The van der Waals surface area contributed by atoms with Gasteiger partial charge in [-0.3, -0.25) is 25.0 Å². The maximum absolute atomic E-state index is 12.7. The van der Waals surface area contributed by atoms with Crippen molar-refractivity contribution in [1.29, 1.82) is 0 Å². The Kier molecular flexibility index (Phi) is 5.49. The highest BCUT2D eigenvalue weighted by Crippen LogP contribution is 2.33. The van der Waals surface area contributed by atoms with Crippen LogP contribution in [0, 0.1) is 32.1 Å². The van der Waals surface area contributed by atoms with Crippen LogP contribution in [0.3, 0.4) is 0 Å². The summed E-state index contributed by atoms with van der Waals surface area (Å²) in [5.41, 5.74) is -0.842. The molecule has 26 heavy (non-hydrogen) atoms. The van der Waals surface area contributed by atoms with Crippen LogP contribution in [0.2, 0.25) is 0 Å². The lowest BCUT2D eigenvalue weighted by atomic mass is 9.82. The maximum Gasteiger partial charge on any atom is 0.277 e. The van der Waals surface area contributed by atoms with E-state index in [4.69, 9.17) is 0 Å². The van der Waals surface area contributed by atoms with Gasteiger partial charge in [0, 0.05) is 25.2 Å². The minimum Gasteiger partial charge on any atom is -0.338 e. The zero-order valence-electron chi connectivity index (χ0n) is 14.6. The molecular formula is C18H23N3O5. The fraction of sp³-hybridized carbons (Fsp3) is 0.611. The fourth-order valence-electron chi connectivity index (χ4n) is 4.22. The maximum atomic E-state index is 12.7. The highest BCUT2D eigenvalue weighted by molar-refractivity contribution is 5.95. The van der Waals surface area contributed by atoms with E-state index in [0.717, 1.165) is 37.0 Å². The molecule has 0 unspecified atom stereocenters. The third-order valence-electron chi connectivity index (χ3n) is 5.54. The van der Waals surface area contributed by atoms with Gasteiger partial charge in [0.2, 0.25) is 0 Å². The van der Waals surface area contributed by atoms with Crippen LogP contribution in [0.1, 0.15) is 55.3 Å². The summed E-state index contributed by atoms with van der Waals surface area (Å²) in [5, 5.41) is 22.0. The first-order chi connectivity index (χ1) is 12.4. The summed E-state index contributed by atoms with van der Waals surface area (Å²) in [6.07, 6.45) is 8.48. The summed E-state index contributed by atoms with van der Waals surface area (Å²) in [7, 11) is 0. The van der Waals surface area contributed by atoms with E-state index < -0.39 is 21.2 Å². The number of likely N-dealkylation sites (tertiary alicyclic amines) is 1. The normalized spacial score (nSPS) is 20.9. The summed E-state index contributed by atoms with van der Waals surface area (Å²) in [6.45, 7) is 1.23. The third kappa shape index (κ3) is 4.17. The molecule has 2 fully saturated rings. The van der Waals surface area contributed by atoms with Gasteiger partial charge >= 0.3 is 0 Å². The number of non-ortho nitro benzene ring substituents is 2. The molecule has 0 radical (unpaired) electrons. The molecule has 8 heteroatoms. The van der Waals surface area contributed by atoms with Crippen molar-refractivity contribution in [1.82, 2.24) is 4.90 Å². The number of amides is 1. The molecule has 3 rings (SSSR count). The molecule has 1 atom stereocenters. The molecule has 1 saturated heterocycles. The van der Waals surface area contributed by atoms with Crippen LogP contribution in [-0.4, -0.2) is 33.7 Å². The number of nitro groups is 2. The molecule has 8 nitrogen and oxygen atoms in total. The van der Waals surface area contributed by atoms with Gasteiger partial charge in [-0.15, -0.1) is 0 Å². The smallest absolute Gasteiger partial charge is 0.277 e. The van der Waals surface area contributed by atoms with Crippen LogP contribution in [0.4, 0.5) is 11.4 Å². The summed E-state index contributed by atoms with van der Waals surface area (Å²) in [6, 6.07) is 3.14. The molecule has 1 aliphatic heterocycles. The van der Waals surface area contributed by atoms with Gasteiger partial charge in [0.15, 0.2) is 0 Å². The average molecular weight is 361 g/mol. The van der Waals surface area contributed by atoms with Gasteiger partial charge in [-0.25, -0.2) is 0 Å². The molecule has 140 valence electrons. The standard InChI is InChI=1S/C18H23N3O5/c22-18(15-9-16(20(23)24)11-17(10-15)21(25)26)19-7-6-14(12-19)8-13-4-2-1-3-5-13/h9-11,13-14H,1-8,12H2/t14-/m0/s1. The first-order valence-corrected chi connectivity index (χ1v) is 9.17. The van der Waals surface area contributed by atoms with Gasteiger partial charge in [0.25, 0.3) is 17.3 Å². The van der Waals surface area contributed by atoms with Crippen LogP contribution < -0.4 is 0 Å². The fourth-order valence-corrected chi connectivity index (χ4v) is 4.22. The number of carbonyl (C=O) groups excluding carboxylic acids is 1. The third-order valence-corrected chi connectivity index (χ3v) is 5.54. The van der Waals surface area contributed by atoms with Crippen LogP contribution >= 0.6 is 0 Å². The second kappa shape index (κ2) is 7.80. The Morgan fingerprint density at radius 2 is 1.58 bits per heavy atom. The average Bonchev–Trinajstić information content (AvgIpc) is 3.09. The van der Waals surface area contributed by atoms with Crippen molar-refractivity contribution < 1.29 is 14.6 Å². The predicted molar refractivity (Wildman–Crippen MR) is 95.0 cm³/mol. The number of nitro benzene ring substituents is 2. The molecule has 0 spiro atoms. The Morgan fingerprint density at radius 3 is 2.15 bits per heavy atom. The number of benzene rings is 1. The van der Waals surface area contributed by atoms with E-state index in [1.807, 2.05) is 0 Å². The highest BCUT2D eigenvalue weighted by Gasteiger charge is 2.30. The van der Waals surface area contributed by atoms with Crippen molar-refractivity contribution in [3.05, 3.63) is 44.0 Å². The van der Waals surface area contributed by atoms with Gasteiger partial charge in [-0.05, 0) is 24.7 Å². The topological polar surface area (TPSA) is 107 Å². The molecule has 1 aromatic rings. The Bertz CT molecular complexity index is 683. The van der Waals surface area contributed by atoms with Crippen LogP contribution in [0.25, 0.3) is 0 Å². The zero-order valence-corrected chi connectivity index (χ0v) is 14.6. The molecule has 0 aromatic heterocycles. The summed E-state index contributed by atoms with van der Waals surface area (Å²) < 4.78 is 0. The molecular weight excluding hydrogens is 338 g/mol. The lowest BCUT2D eigenvalue weighted by molar-refractivity contribution is -0.394. The second-order valence-electron chi connectivity index (χ2n) is 7.40. The zero-order chi connectivity index (χ0) is 18.7. The first kappa shape index (κ1) is 18.3. The summed E-state index contributed by atoms with van der Waals surface area (Å²) in [4.78, 5) is 35.0. The van der Waals surface area contributed by atoms with Gasteiger partial charge in [-0.1, -0.05) is 32.1 Å². The summed E-state index contributed by atoms with van der Waals surface area (Å²) >= 11 is 0. The van der Waals surface area contributed by atoms with E-state index in [1.165, 1.54) is 32.1 Å². The molecule has 1 saturated carbocycles. The molecule has 1 amide bonds. The number of hydrogen-bond acceptors (Lipinski definition) is 5. The van der Waals surface area contributed by atoms with E-state index in [0.29, 0.717) is 19.0 Å².